The van der Waals surface area contributed by atoms with Gasteiger partial charge in [-0.15, -0.1) is 0 Å². The normalized spacial score (nSPS) is 11.8. The van der Waals surface area contributed by atoms with Crippen LogP contribution in [0.25, 0.3) is 0 Å². The Morgan fingerprint density at radius 1 is 1.31 bits per heavy atom. The fourth-order valence-corrected chi connectivity index (χ4v) is 1.13. The topological polar surface area (TPSA) is 26.0 Å². The summed E-state index contributed by atoms with van der Waals surface area (Å²) in [5.41, 5.74) is 5.28. The maximum absolute atomic E-state index is 13.2. The Labute approximate surface area is 76.6 Å². The summed E-state index contributed by atoms with van der Waals surface area (Å²) in [6, 6.07) is 3.43. The minimum atomic E-state index is -0.522. The molecule has 13 heavy (non-hydrogen) atoms. The molecule has 0 aliphatic rings. The van der Waals surface area contributed by atoms with Crippen LogP contribution in [-0.2, 0) is 5.41 Å². The van der Waals surface area contributed by atoms with Crippen molar-refractivity contribution in [2.45, 2.75) is 19.3 Å². The van der Waals surface area contributed by atoms with Crippen LogP contribution in [0.15, 0.2) is 18.2 Å². The van der Waals surface area contributed by atoms with Crippen LogP contribution in [0.1, 0.15) is 19.4 Å². The van der Waals surface area contributed by atoms with Crippen molar-refractivity contribution in [2.24, 2.45) is 5.73 Å². The molecule has 1 aromatic rings. The lowest BCUT2D eigenvalue weighted by Crippen LogP contribution is -2.29. The minimum Gasteiger partial charge on any atom is -0.330 e. The molecular weight excluding hydrogens is 172 g/mol. The molecule has 0 saturated carbocycles. The van der Waals surface area contributed by atoms with Gasteiger partial charge < -0.3 is 5.73 Å². The van der Waals surface area contributed by atoms with Crippen molar-refractivity contribution in [3.8, 4) is 0 Å². The smallest absolute Gasteiger partial charge is 0.127 e. The van der Waals surface area contributed by atoms with E-state index >= 15 is 0 Å². The van der Waals surface area contributed by atoms with E-state index in [4.69, 9.17) is 5.73 Å². The summed E-state index contributed by atoms with van der Waals surface area (Å²) in [6.07, 6.45) is 0. The van der Waals surface area contributed by atoms with Gasteiger partial charge in [0.05, 0.1) is 0 Å². The Morgan fingerprint density at radius 2 is 1.92 bits per heavy atom. The summed E-state index contributed by atoms with van der Waals surface area (Å²) in [4.78, 5) is 0. The highest BCUT2D eigenvalue weighted by molar-refractivity contribution is 5.26. The summed E-state index contributed by atoms with van der Waals surface area (Å²) >= 11 is 0. The molecular formula is C10H13F2N. The fourth-order valence-electron chi connectivity index (χ4n) is 1.13. The first-order valence-corrected chi connectivity index (χ1v) is 4.13. The summed E-state index contributed by atoms with van der Waals surface area (Å²) in [6.45, 7) is 3.85. The van der Waals surface area contributed by atoms with Gasteiger partial charge in [-0.1, -0.05) is 13.8 Å². The molecule has 0 bridgehead atoms. The molecule has 0 atom stereocenters. The van der Waals surface area contributed by atoms with Gasteiger partial charge in [-0.25, -0.2) is 8.78 Å². The maximum atomic E-state index is 13.2. The number of benzene rings is 1. The molecule has 2 N–H and O–H groups in total. The zero-order chi connectivity index (χ0) is 10.1. The van der Waals surface area contributed by atoms with E-state index in [1.54, 1.807) is 13.8 Å². The number of hydrogen-bond donors (Lipinski definition) is 1. The van der Waals surface area contributed by atoms with E-state index in [-0.39, 0.29) is 6.54 Å². The second-order valence-corrected chi connectivity index (χ2v) is 3.71. The molecule has 0 unspecified atom stereocenters. The molecule has 0 aliphatic heterocycles. The molecule has 1 nitrogen and oxygen atoms in total. The Bertz CT molecular complexity index is 308. The van der Waals surface area contributed by atoms with E-state index in [1.807, 2.05) is 0 Å². The summed E-state index contributed by atoms with van der Waals surface area (Å²) in [5.74, 6) is -0.838. The lowest BCUT2D eigenvalue weighted by molar-refractivity contribution is 0.485. The summed E-state index contributed by atoms with van der Waals surface area (Å²) < 4.78 is 26.0. The zero-order valence-electron chi connectivity index (χ0n) is 7.77. The largest absolute Gasteiger partial charge is 0.330 e. The first-order chi connectivity index (χ1) is 5.97. The Hall–Kier alpha value is -0.960. The van der Waals surface area contributed by atoms with Gasteiger partial charge in [-0.3, -0.25) is 0 Å². The molecule has 0 aliphatic carbocycles. The van der Waals surface area contributed by atoms with Crippen molar-refractivity contribution in [2.75, 3.05) is 6.54 Å². The number of halogens is 2. The van der Waals surface area contributed by atoms with Crippen molar-refractivity contribution in [3.05, 3.63) is 35.4 Å². The van der Waals surface area contributed by atoms with Gasteiger partial charge in [0, 0.05) is 12.0 Å². The highest BCUT2D eigenvalue weighted by Crippen LogP contribution is 2.25. The molecule has 0 aromatic heterocycles. The van der Waals surface area contributed by atoms with Gasteiger partial charge >= 0.3 is 0 Å². The fraction of sp³-hybridized carbons (Fsp3) is 0.400. The first kappa shape index (κ1) is 10.1. The van der Waals surface area contributed by atoms with Crippen LogP contribution in [0.2, 0.25) is 0 Å². The van der Waals surface area contributed by atoms with Crippen LogP contribution >= 0.6 is 0 Å². The van der Waals surface area contributed by atoms with Crippen LogP contribution in [-0.4, -0.2) is 6.54 Å². The lowest BCUT2D eigenvalue weighted by atomic mass is 9.84. The average Bonchev–Trinajstić information content (AvgIpc) is 2.09. The summed E-state index contributed by atoms with van der Waals surface area (Å²) in [5, 5.41) is 0. The van der Waals surface area contributed by atoms with Crippen molar-refractivity contribution >= 4 is 0 Å². The monoisotopic (exact) mass is 185 g/mol. The van der Waals surface area contributed by atoms with Gasteiger partial charge in [0.25, 0.3) is 0 Å². The third-order valence-electron chi connectivity index (χ3n) is 2.17. The SMILES string of the molecule is CC(C)(CN)c1cc(F)ccc1F. The predicted octanol–water partition coefficient (Wildman–Crippen LogP) is 2.20. The quantitative estimate of drug-likeness (QED) is 0.751. The van der Waals surface area contributed by atoms with Crippen LogP contribution in [0.3, 0.4) is 0 Å². The third-order valence-corrected chi connectivity index (χ3v) is 2.17. The summed E-state index contributed by atoms with van der Waals surface area (Å²) in [7, 11) is 0. The van der Waals surface area contributed by atoms with Crippen LogP contribution in [0, 0.1) is 11.6 Å². The second-order valence-electron chi connectivity index (χ2n) is 3.71. The van der Waals surface area contributed by atoms with Gasteiger partial charge in [0.1, 0.15) is 11.6 Å². The molecule has 1 rings (SSSR count). The average molecular weight is 185 g/mol. The Kier molecular flexibility index (Phi) is 2.66. The van der Waals surface area contributed by atoms with Gasteiger partial charge in [0.15, 0.2) is 0 Å². The Balaban J connectivity index is 3.20. The number of hydrogen-bond acceptors (Lipinski definition) is 1. The number of nitrogens with two attached hydrogens (primary N) is 1. The molecule has 0 spiro atoms. The van der Waals surface area contributed by atoms with Crippen LogP contribution in [0.5, 0.6) is 0 Å². The van der Waals surface area contributed by atoms with Crippen LogP contribution in [0.4, 0.5) is 8.78 Å². The molecule has 3 heteroatoms. The van der Waals surface area contributed by atoms with E-state index in [0.29, 0.717) is 5.56 Å². The highest BCUT2D eigenvalue weighted by atomic mass is 19.1. The predicted molar refractivity (Wildman–Crippen MR) is 48.4 cm³/mol. The maximum Gasteiger partial charge on any atom is 0.127 e. The van der Waals surface area contributed by atoms with Crippen molar-refractivity contribution < 1.29 is 8.78 Å². The zero-order valence-corrected chi connectivity index (χ0v) is 7.77. The van der Waals surface area contributed by atoms with Crippen molar-refractivity contribution in [3.63, 3.8) is 0 Å². The molecule has 0 radical (unpaired) electrons. The van der Waals surface area contributed by atoms with E-state index in [0.717, 1.165) is 12.1 Å². The number of rotatable bonds is 2. The van der Waals surface area contributed by atoms with Gasteiger partial charge in [-0.2, -0.15) is 0 Å². The van der Waals surface area contributed by atoms with E-state index < -0.39 is 17.0 Å². The van der Waals surface area contributed by atoms with Gasteiger partial charge in [0.2, 0.25) is 0 Å². The third kappa shape index (κ3) is 2.04. The molecule has 0 saturated heterocycles. The second kappa shape index (κ2) is 3.42. The first-order valence-electron chi connectivity index (χ1n) is 4.13. The molecule has 0 heterocycles. The Morgan fingerprint density at radius 3 is 2.46 bits per heavy atom. The van der Waals surface area contributed by atoms with E-state index in [1.165, 1.54) is 6.07 Å². The molecule has 1 aromatic carbocycles. The standard InChI is InChI=1S/C10H13F2N/c1-10(2,6-13)8-5-7(11)3-4-9(8)12/h3-5H,6,13H2,1-2H3. The minimum absolute atomic E-state index is 0.285. The van der Waals surface area contributed by atoms with Crippen molar-refractivity contribution in [1.29, 1.82) is 0 Å². The molecule has 72 valence electrons. The van der Waals surface area contributed by atoms with E-state index in [9.17, 15) is 8.78 Å². The lowest BCUT2D eigenvalue weighted by Gasteiger charge is -2.23. The van der Waals surface area contributed by atoms with Gasteiger partial charge in [-0.05, 0) is 23.8 Å². The molecule has 0 amide bonds. The van der Waals surface area contributed by atoms with Crippen molar-refractivity contribution in [1.82, 2.24) is 0 Å². The molecule has 0 fully saturated rings. The highest BCUT2D eigenvalue weighted by Gasteiger charge is 2.22. The van der Waals surface area contributed by atoms with E-state index in [2.05, 4.69) is 0 Å². The van der Waals surface area contributed by atoms with Crippen LogP contribution < -0.4 is 5.73 Å².